The van der Waals surface area contributed by atoms with E-state index in [2.05, 4.69) is 10.3 Å². The number of carbonyl (C=O) groups is 2. The fourth-order valence-corrected chi connectivity index (χ4v) is 3.22. The molecule has 3 N–H and O–H groups in total. The molecule has 5 nitrogen and oxygen atoms in total. The molecule has 116 valence electrons. The van der Waals surface area contributed by atoms with Gasteiger partial charge in [0.1, 0.15) is 0 Å². The third-order valence-electron chi connectivity index (χ3n) is 4.47. The number of amides is 1. The zero-order chi connectivity index (χ0) is 15.5. The lowest BCUT2D eigenvalue weighted by atomic mass is 9.94. The number of rotatable bonds is 3. The molecule has 1 aromatic heterocycles. The van der Waals surface area contributed by atoms with Crippen molar-refractivity contribution in [1.82, 2.24) is 10.3 Å². The largest absolute Gasteiger partial charge is 0.481 e. The van der Waals surface area contributed by atoms with Crippen LogP contribution < -0.4 is 5.32 Å². The first kappa shape index (κ1) is 14.6. The third kappa shape index (κ3) is 2.98. The van der Waals surface area contributed by atoms with E-state index in [4.69, 9.17) is 0 Å². The van der Waals surface area contributed by atoms with Crippen LogP contribution in [0, 0.1) is 5.92 Å². The number of aromatic amines is 1. The second kappa shape index (κ2) is 6.22. The second-order valence-electron chi connectivity index (χ2n) is 5.94. The number of carboxylic acids is 1. The molecule has 0 bridgehead atoms. The number of H-pyrrole nitrogens is 1. The average molecular weight is 300 g/mol. The average Bonchev–Trinajstić information content (AvgIpc) is 2.84. The van der Waals surface area contributed by atoms with Crippen molar-refractivity contribution in [2.24, 2.45) is 5.92 Å². The molecule has 1 aliphatic carbocycles. The summed E-state index contributed by atoms with van der Waals surface area (Å²) in [6.07, 6.45) is 6.11. The van der Waals surface area contributed by atoms with Crippen molar-refractivity contribution in [2.75, 3.05) is 0 Å². The Labute approximate surface area is 128 Å². The van der Waals surface area contributed by atoms with E-state index < -0.39 is 11.9 Å². The van der Waals surface area contributed by atoms with Gasteiger partial charge in [0.25, 0.3) is 5.91 Å². The van der Waals surface area contributed by atoms with E-state index in [0.717, 1.165) is 36.6 Å². The summed E-state index contributed by atoms with van der Waals surface area (Å²) < 4.78 is 0. The van der Waals surface area contributed by atoms with Crippen molar-refractivity contribution in [3.63, 3.8) is 0 Å². The van der Waals surface area contributed by atoms with Crippen LogP contribution in [0.3, 0.4) is 0 Å². The van der Waals surface area contributed by atoms with Crippen LogP contribution in [0.15, 0.2) is 30.5 Å². The van der Waals surface area contributed by atoms with Gasteiger partial charge in [0, 0.05) is 28.7 Å². The first-order valence-electron chi connectivity index (χ1n) is 7.76. The number of hydrogen-bond acceptors (Lipinski definition) is 2. The van der Waals surface area contributed by atoms with Crippen molar-refractivity contribution in [3.8, 4) is 0 Å². The molecule has 1 aromatic carbocycles. The van der Waals surface area contributed by atoms with E-state index in [1.54, 1.807) is 6.07 Å². The Morgan fingerprint density at radius 2 is 1.95 bits per heavy atom. The number of hydrogen-bond donors (Lipinski definition) is 3. The summed E-state index contributed by atoms with van der Waals surface area (Å²) in [7, 11) is 0. The topological polar surface area (TPSA) is 82.2 Å². The second-order valence-corrected chi connectivity index (χ2v) is 5.94. The van der Waals surface area contributed by atoms with Crippen molar-refractivity contribution in [1.29, 1.82) is 0 Å². The molecular formula is C17H20N2O3. The van der Waals surface area contributed by atoms with Gasteiger partial charge in [0.15, 0.2) is 0 Å². The Morgan fingerprint density at radius 3 is 2.77 bits per heavy atom. The Bertz CT molecular complexity index is 692. The summed E-state index contributed by atoms with van der Waals surface area (Å²) >= 11 is 0. The summed E-state index contributed by atoms with van der Waals surface area (Å²) in [5.41, 5.74) is 1.55. The van der Waals surface area contributed by atoms with E-state index in [0.29, 0.717) is 12.0 Å². The summed E-state index contributed by atoms with van der Waals surface area (Å²) in [5, 5.41) is 13.3. The van der Waals surface area contributed by atoms with Crippen LogP contribution >= 0.6 is 0 Å². The number of fused-ring (bicyclic) bond motifs is 1. The molecule has 1 amide bonds. The molecule has 0 spiro atoms. The maximum atomic E-state index is 12.4. The molecule has 1 saturated carbocycles. The number of nitrogens with one attached hydrogen (secondary N) is 2. The van der Waals surface area contributed by atoms with E-state index in [1.165, 1.54) is 0 Å². The highest BCUT2D eigenvalue weighted by Crippen LogP contribution is 2.24. The van der Waals surface area contributed by atoms with Gasteiger partial charge in [-0.1, -0.05) is 19.3 Å². The van der Waals surface area contributed by atoms with Crippen LogP contribution in [0.1, 0.15) is 42.5 Å². The molecule has 1 aliphatic rings. The van der Waals surface area contributed by atoms with Gasteiger partial charge in [-0.25, -0.2) is 0 Å². The SMILES string of the molecule is O=C(N[C@H]1CCCCC[C@H]1C(=O)O)c1ccc2[nH]ccc2c1. The van der Waals surface area contributed by atoms with E-state index in [9.17, 15) is 14.7 Å². The van der Waals surface area contributed by atoms with Crippen molar-refractivity contribution in [3.05, 3.63) is 36.0 Å². The predicted molar refractivity (Wildman–Crippen MR) is 83.8 cm³/mol. The highest BCUT2D eigenvalue weighted by atomic mass is 16.4. The fourth-order valence-electron chi connectivity index (χ4n) is 3.22. The van der Waals surface area contributed by atoms with E-state index in [1.807, 2.05) is 24.4 Å². The first-order valence-corrected chi connectivity index (χ1v) is 7.76. The van der Waals surface area contributed by atoms with E-state index >= 15 is 0 Å². The van der Waals surface area contributed by atoms with Crippen LogP contribution in [0.4, 0.5) is 0 Å². The molecule has 0 aliphatic heterocycles. The molecule has 0 unspecified atom stereocenters. The van der Waals surface area contributed by atoms with Gasteiger partial charge in [-0.05, 0) is 37.1 Å². The smallest absolute Gasteiger partial charge is 0.308 e. The molecular weight excluding hydrogens is 280 g/mol. The molecule has 0 radical (unpaired) electrons. The van der Waals surface area contributed by atoms with Crippen LogP contribution in [0.5, 0.6) is 0 Å². The Morgan fingerprint density at radius 1 is 1.14 bits per heavy atom. The third-order valence-corrected chi connectivity index (χ3v) is 4.47. The molecule has 1 heterocycles. The van der Waals surface area contributed by atoms with Gasteiger partial charge in [-0.15, -0.1) is 0 Å². The summed E-state index contributed by atoms with van der Waals surface area (Å²) in [6, 6.07) is 7.09. The lowest BCUT2D eigenvalue weighted by Gasteiger charge is -2.22. The van der Waals surface area contributed by atoms with Crippen LogP contribution in [-0.2, 0) is 4.79 Å². The lowest BCUT2D eigenvalue weighted by Crippen LogP contribution is -2.42. The molecule has 2 atom stereocenters. The van der Waals surface area contributed by atoms with Gasteiger partial charge < -0.3 is 15.4 Å². The Balaban J connectivity index is 1.77. The number of benzene rings is 1. The fraction of sp³-hybridized carbons (Fsp3) is 0.412. The number of aliphatic carboxylic acids is 1. The lowest BCUT2D eigenvalue weighted by molar-refractivity contribution is -0.142. The minimum atomic E-state index is -0.812. The summed E-state index contributed by atoms with van der Waals surface area (Å²) in [6.45, 7) is 0. The predicted octanol–water partition coefficient (Wildman–Crippen LogP) is 2.93. The molecule has 2 aromatic rings. The first-order chi connectivity index (χ1) is 10.6. The highest BCUT2D eigenvalue weighted by Gasteiger charge is 2.30. The maximum Gasteiger partial charge on any atom is 0.308 e. The van der Waals surface area contributed by atoms with Gasteiger partial charge in [-0.2, -0.15) is 0 Å². The van der Waals surface area contributed by atoms with Crippen LogP contribution in [0.2, 0.25) is 0 Å². The molecule has 1 fully saturated rings. The Hall–Kier alpha value is -2.30. The van der Waals surface area contributed by atoms with Crippen LogP contribution in [-0.4, -0.2) is 28.0 Å². The number of carbonyl (C=O) groups excluding carboxylic acids is 1. The van der Waals surface area contributed by atoms with Gasteiger partial charge >= 0.3 is 5.97 Å². The van der Waals surface area contributed by atoms with Crippen molar-refractivity contribution >= 4 is 22.8 Å². The van der Waals surface area contributed by atoms with Gasteiger partial charge in [0.2, 0.25) is 0 Å². The van der Waals surface area contributed by atoms with Gasteiger partial charge in [0.05, 0.1) is 5.92 Å². The van der Waals surface area contributed by atoms with Crippen molar-refractivity contribution in [2.45, 2.75) is 38.1 Å². The normalized spacial score (nSPS) is 22.2. The maximum absolute atomic E-state index is 12.4. The summed E-state index contributed by atoms with van der Waals surface area (Å²) in [5.74, 6) is -1.49. The zero-order valence-corrected chi connectivity index (χ0v) is 12.3. The highest BCUT2D eigenvalue weighted by molar-refractivity contribution is 5.98. The standard InChI is InChI=1S/C17H20N2O3/c20-16(12-6-7-14-11(10-12)8-9-18-14)19-15-5-3-1-2-4-13(15)17(21)22/h6-10,13,15,18H,1-5H2,(H,19,20)(H,21,22)/t13-,15+/m1/s1. The summed E-state index contributed by atoms with van der Waals surface area (Å²) in [4.78, 5) is 27.0. The van der Waals surface area contributed by atoms with Gasteiger partial charge in [-0.3, -0.25) is 9.59 Å². The van der Waals surface area contributed by atoms with Crippen LogP contribution in [0.25, 0.3) is 10.9 Å². The number of carboxylic acid groups (broad SMARTS) is 1. The molecule has 0 saturated heterocycles. The zero-order valence-electron chi connectivity index (χ0n) is 12.3. The Kier molecular flexibility index (Phi) is 4.13. The van der Waals surface area contributed by atoms with E-state index in [-0.39, 0.29) is 11.9 Å². The molecule has 3 rings (SSSR count). The molecule has 5 heteroatoms. The van der Waals surface area contributed by atoms with Crippen molar-refractivity contribution < 1.29 is 14.7 Å². The monoisotopic (exact) mass is 300 g/mol. The molecule has 22 heavy (non-hydrogen) atoms. The quantitative estimate of drug-likeness (QED) is 0.762. The minimum Gasteiger partial charge on any atom is -0.481 e. The minimum absolute atomic E-state index is 0.193. The number of aromatic nitrogens is 1.